The van der Waals surface area contributed by atoms with Crippen molar-refractivity contribution < 1.29 is 63.6 Å². The zero-order valence-corrected chi connectivity index (χ0v) is 31.9. The van der Waals surface area contributed by atoms with Crippen LogP contribution >= 0.6 is 0 Å². The zero-order valence-electron chi connectivity index (χ0n) is 29.3. The number of carbonyl (C=O) groups is 2. The fourth-order valence-corrected chi connectivity index (χ4v) is 5.40. The Morgan fingerprint density at radius 1 is 0.564 bits per heavy atom. The molecule has 0 aliphatic rings. The number of para-hydroxylation sites is 2. The van der Waals surface area contributed by atoms with Crippen LogP contribution in [0.25, 0.3) is 0 Å². The summed E-state index contributed by atoms with van der Waals surface area (Å²) in [6, 6.07) is 23.0. The van der Waals surface area contributed by atoms with Crippen molar-refractivity contribution >= 4 is 54.4 Å². The Hall–Kier alpha value is -5.97. The van der Waals surface area contributed by atoms with E-state index in [-0.39, 0.29) is 37.9 Å². The minimum atomic E-state index is -3.79. The SMILES string of the molecule is CNS(=O)(=O)c1ccc([O-])c(N=N/C(C(C)=O)=C(\[O-])Nc2ccccc2)c1.CNS(=O)(=O)c1ccc([O-])c(N=N/C(C(C)=O)=C(\[O-])Nc2ccccc2)c1.[Co]. The van der Waals surface area contributed by atoms with Crippen LogP contribution in [0.1, 0.15) is 13.8 Å². The van der Waals surface area contributed by atoms with Crippen LogP contribution in [0.3, 0.4) is 0 Å². The van der Waals surface area contributed by atoms with Gasteiger partial charge >= 0.3 is 0 Å². The number of rotatable bonds is 14. The molecular formula is C34H32CoN8O10S2-4. The molecule has 0 aliphatic heterocycles. The van der Waals surface area contributed by atoms with Crippen LogP contribution in [0.5, 0.6) is 11.5 Å². The fourth-order valence-electron chi connectivity index (χ4n) is 3.90. The van der Waals surface area contributed by atoms with Gasteiger partial charge in [-0.2, -0.15) is 10.2 Å². The van der Waals surface area contributed by atoms with Crippen molar-refractivity contribution in [1.29, 1.82) is 0 Å². The summed E-state index contributed by atoms with van der Waals surface area (Å²) in [6.45, 7) is 2.25. The third kappa shape index (κ3) is 13.1. The molecule has 0 aromatic heterocycles. The zero-order chi connectivity index (χ0) is 40.1. The van der Waals surface area contributed by atoms with Crippen molar-refractivity contribution in [3.63, 3.8) is 0 Å². The maximum Gasteiger partial charge on any atom is 0.240 e. The van der Waals surface area contributed by atoms with Gasteiger partial charge in [-0.15, -0.1) is 10.2 Å². The van der Waals surface area contributed by atoms with Gasteiger partial charge in [-0.3, -0.25) is 9.59 Å². The van der Waals surface area contributed by atoms with E-state index in [0.717, 1.165) is 50.2 Å². The Morgan fingerprint density at radius 2 is 0.891 bits per heavy atom. The molecule has 4 aromatic rings. The van der Waals surface area contributed by atoms with Crippen LogP contribution in [0.2, 0.25) is 0 Å². The number of hydrogen-bond donors (Lipinski definition) is 4. The second-order valence-electron chi connectivity index (χ2n) is 10.5. The summed E-state index contributed by atoms with van der Waals surface area (Å²) in [5.41, 5.74) is -0.804. The second-order valence-corrected chi connectivity index (χ2v) is 14.3. The van der Waals surface area contributed by atoms with Gasteiger partial charge in [-0.05, 0) is 74.4 Å². The monoisotopic (exact) mass is 835 g/mol. The average molecular weight is 836 g/mol. The summed E-state index contributed by atoms with van der Waals surface area (Å²) in [6.07, 6.45) is 0. The average Bonchev–Trinajstić information content (AvgIpc) is 3.13. The van der Waals surface area contributed by atoms with Gasteiger partial charge in [0.2, 0.25) is 20.0 Å². The molecule has 21 heteroatoms. The number of allylic oxidation sites excluding steroid dienone is 2. The molecule has 0 saturated carbocycles. The van der Waals surface area contributed by atoms with Gasteiger partial charge in [-0.25, -0.2) is 26.3 Å². The van der Waals surface area contributed by atoms with Crippen molar-refractivity contribution in [1.82, 2.24) is 9.44 Å². The van der Waals surface area contributed by atoms with Gasteiger partial charge in [0, 0.05) is 42.0 Å². The first-order valence-corrected chi connectivity index (χ1v) is 18.3. The first kappa shape index (κ1) is 45.2. The van der Waals surface area contributed by atoms with Crippen LogP contribution < -0.4 is 40.5 Å². The molecule has 4 rings (SSSR count). The van der Waals surface area contributed by atoms with Crippen LogP contribution in [-0.2, 0) is 46.4 Å². The molecule has 0 amide bonds. The molecule has 0 aliphatic carbocycles. The summed E-state index contributed by atoms with van der Waals surface area (Å²) >= 11 is 0. The maximum atomic E-state index is 12.2. The van der Waals surface area contributed by atoms with Crippen LogP contribution in [0.4, 0.5) is 22.7 Å². The van der Waals surface area contributed by atoms with Gasteiger partial charge in [0.05, 0.1) is 21.2 Å². The van der Waals surface area contributed by atoms with E-state index in [9.17, 15) is 46.9 Å². The molecule has 4 N–H and O–H groups in total. The smallest absolute Gasteiger partial charge is 0.240 e. The Balaban J connectivity index is 0.000000373. The van der Waals surface area contributed by atoms with E-state index in [4.69, 9.17) is 0 Å². The van der Waals surface area contributed by atoms with E-state index in [1.54, 1.807) is 60.7 Å². The number of carbonyl (C=O) groups excluding carboxylic acids is 2. The summed E-state index contributed by atoms with van der Waals surface area (Å²) in [5.74, 6) is -4.16. The predicted molar refractivity (Wildman–Crippen MR) is 189 cm³/mol. The van der Waals surface area contributed by atoms with E-state index in [0.29, 0.717) is 11.4 Å². The van der Waals surface area contributed by atoms with Gasteiger partial charge in [0.1, 0.15) is 11.4 Å². The number of Topliss-reactive ketones (excluding diaryl/α,β-unsaturated/α-hetero) is 2. The number of azo groups is 2. The largest absolute Gasteiger partial charge is 0.871 e. The molecule has 0 fully saturated rings. The second kappa shape index (κ2) is 20.5. The standard InChI is InChI=1S/2C17H18N4O5S.Co/c2*1-11(22)16(17(24)19-12-6-4-3-5-7-12)21-20-14-10-13(8-9-15(14)23)27(25,26)18-2;/h2*3-10,18-19,23-24H,1-2H3;/p-4/b2*17-16-,21-20?;. The molecule has 0 bridgehead atoms. The third-order valence-electron chi connectivity index (χ3n) is 6.69. The van der Waals surface area contributed by atoms with E-state index in [1.807, 2.05) is 0 Å². The van der Waals surface area contributed by atoms with E-state index in [2.05, 4.69) is 40.5 Å². The normalized spacial score (nSPS) is 12.4. The van der Waals surface area contributed by atoms with Crippen LogP contribution in [-0.4, -0.2) is 42.5 Å². The number of hydrogen-bond acceptors (Lipinski definition) is 16. The van der Waals surface area contributed by atoms with Crippen LogP contribution in [0.15, 0.2) is 150 Å². The van der Waals surface area contributed by atoms with Gasteiger partial charge in [0.15, 0.2) is 11.6 Å². The number of sulfonamides is 2. The Bertz CT molecular complexity index is 2170. The number of ketones is 2. The number of nitrogens with one attached hydrogen (secondary N) is 4. The summed E-state index contributed by atoms with van der Waals surface area (Å²) in [5, 5.41) is 67.5. The van der Waals surface area contributed by atoms with Crippen molar-refractivity contribution in [3.8, 4) is 11.5 Å². The molecular weight excluding hydrogens is 803 g/mol. The quantitative estimate of drug-likeness (QED) is 0.0806. The summed E-state index contributed by atoms with van der Waals surface area (Å²) in [4.78, 5) is 23.0. The van der Waals surface area contributed by atoms with Gasteiger partial charge in [0.25, 0.3) is 0 Å². The minimum absolute atomic E-state index is 0. The molecule has 1 radical (unpaired) electrons. The predicted octanol–water partition coefficient (Wildman–Crippen LogP) is 1.96. The van der Waals surface area contributed by atoms with E-state index in [1.165, 1.54) is 14.1 Å². The molecule has 0 unspecified atom stereocenters. The first-order valence-electron chi connectivity index (χ1n) is 15.3. The van der Waals surface area contributed by atoms with Gasteiger partial charge < -0.3 is 31.1 Å². The summed E-state index contributed by atoms with van der Waals surface area (Å²) < 4.78 is 51.5. The maximum absolute atomic E-state index is 12.2. The number of anilines is 2. The van der Waals surface area contributed by atoms with Crippen LogP contribution in [0, 0.1) is 0 Å². The van der Waals surface area contributed by atoms with Crippen molar-refractivity contribution in [2.75, 3.05) is 24.7 Å². The Kier molecular flexibility index (Phi) is 16.8. The Labute approximate surface area is 326 Å². The Morgan fingerprint density at radius 3 is 1.18 bits per heavy atom. The van der Waals surface area contributed by atoms with Crippen molar-refractivity contribution in [2.45, 2.75) is 23.6 Å². The molecule has 0 saturated heterocycles. The topological polar surface area (TPSA) is 292 Å². The first-order chi connectivity index (χ1) is 25.5. The van der Waals surface area contributed by atoms with Crippen molar-refractivity contribution in [3.05, 3.63) is 120 Å². The molecule has 0 atom stereocenters. The number of nitrogens with zero attached hydrogens (tertiary/aromatic N) is 4. The fraction of sp³-hybridized carbons (Fsp3) is 0.118. The van der Waals surface area contributed by atoms with Gasteiger partial charge in [-0.1, -0.05) is 60.0 Å². The van der Waals surface area contributed by atoms with Crippen molar-refractivity contribution in [2.24, 2.45) is 20.5 Å². The molecule has 4 aromatic carbocycles. The van der Waals surface area contributed by atoms with E-state index >= 15 is 0 Å². The molecule has 18 nitrogen and oxygen atoms in total. The number of benzene rings is 4. The molecule has 55 heavy (non-hydrogen) atoms. The molecule has 0 spiro atoms. The molecule has 0 heterocycles. The summed E-state index contributed by atoms with van der Waals surface area (Å²) in [7, 11) is -5.15. The third-order valence-corrected chi connectivity index (χ3v) is 9.52. The minimum Gasteiger partial charge on any atom is -0.871 e. The van der Waals surface area contributed by atoms with E-state index < -0.39 is 66.3 Å². The molecule has 293 valence electrons.